The predicted molar refractivity (Wildman–Crippen MR) is 99.0 cm³/mol. The number of hydrogen-bond donors (Lipinski definition) is 1. The molecule has 0 spiro atoms. The molecule has 1 saturated heterocycles. The average molecular weight is 352 g/mol. The van der Waals surface area contributed by atoms with Crippen molar-refractivity contribution in [3.8, 4) is 0 Å². The molecule has 2 aliphatic rings. The maximum Gasteiger partial charge on any atom is 0.182 e. The van der Waals surface area contributed by atoms with E-state index in [9.17, 15) is 0 Å². The first-order valence-electron chi connectivity index (χ1n) is 9.44. The van der Waals surface area contributed by atoms with Crippen molar-refractivity contribution in [1.29, 1.82) is 0 Å². The van der Waals surface area contributed by atoms with Crippen molar-refractivity contribution in [3.05, 3.63) is 29.6 Å². The van der Waals surface area contributed by atoms with Crippen molar-refractivity contribution in [2.45, 2.75) is 32.2 Å². The minimum Gasteiger partial charge on any atom is -0.352 e. The van der Waals surface area contributed by atoms with Crippen molar-refractivity contribution in [2.75, 3.05) is 31.1 Å². The van der Waals surface area contributed by atoms with Crippen LogP contribution in [0.15, 0.2) is 12.7 Å². The van der Waals surface area contributed by atoms with Gasteiger partial charge in [-0.05, 0) is 31.2 Å². The van der Waals surface area contributed by atoms with Crippen molar-refractivity contribution in [3.63, 3.8) is 0 Å². The number of piperazine rings is 1. The van der Waals surface area contributed by atoms with Gasteiger partial charge in [0.1, 0.15) is 11.8 Å². The van der Waals surface area contributed by atoms with Crippen LogP contribution in [-0.4, -0.2) is 60.8 Å². The van der Waals surface area contributed by atoms with Crippen LogP contribution >= 0.6 is 0 Å². The summed E-state index contributed by atoms with van der Waals surface area (Å²) in [5, 5.41) is 4.83. The van der Waals surface area contributed by atoms with Crippen LogP contribution in [-0.2, 0) is 26.4 Å². The number of aromatic nitrogens is 6. The van der Waals surface area contributed by atoms with Gasteiger partial charge in [0, 0.05) is 45.5 Å². The Morgan fingerprint density at radius 3 is 2.77 bits per heavy atom. The van der Waals surface area contributed by atoms with Crippen molar-refractivity contribution in [2.24, 2.45) is 7.05 Å². The van der Waals surface area contributed by atoms with Gasteiger partial charge in [-0.3, -0.25) is 9.58 Å². The number of nitrogens with zero attached hydrogens (tertiary/aromatic N) is 7. The first kappa shape index (κ1) is 15.7. The molecule has 4 heterocycles. The van der Waals surface area contributed by atoms with E-state index in [1.165, 1.54) is 42.6 Å². The lowest BCUT2D eigenvalue weighted by Gasteiger charge is -2.35. The summed E-state index contributed by atoms with van der Waals surface area (Å²) in [7, 11) is 2.09. The number of imidazole rings is 1. The lowest BCUT2D eigenvalue weighted by Crippen LogP contribution is -2.46. The zero-order chi connectivity index (χ0) is 17.5. The third-order valence-electron chi connectivity index (χ3n) is 5.70. The van der Waals surface area contributed by atoms with Crippen LogP contribution in [0.5, 0.6) is 0 Å². The molecule has 5 rings (SSSR count). The molecular formula is C18H24N8. The Hall–Kier alpha value is -2.48. The fourth-order valence-electron chi connectivity index (χ4n) is 4.31. The highest BCUT2D eigenvalue weighted by atomic mass is 15.3. The second kappa shape index (κ2) is 6.35. The Morgan fingerprint density at radius 1 is 1.04 bits per heavy atom. The van der Waals surface area contributed by atoms with Gasteiger partial charge in [-0.15, -0.1) is 0 Å². The maximum absolute atomic E-state index is 4.83. The maximum atomic E-state index is 4.83. The number of H-pyrrole nitrogens is 1. The highest BCUT2D eigenvalue weighted by molar-refractivity contribution is 5.82. The minimum atomic E-state index is 0.734. The van der Waals surface area contributed by atoms with Gasteiger partial charge in [-0.2, -0.15) is 5.10 Å². The van der Waals surface area contributed by atoms with Crippen LogP contribution in [0, 0.1) is 0 Å². The summed E-state index contributed by atoms with van der Waals surface area (Å²) in [5.41, 5.74) is 5.91. The summed E-state index contributed by atoms with van der Waals surface area (Å²) in [4.78, 5) is 20.9. The van der Waals surface area contributed by atoms with Gasteiger partial charge in [-0.25, -0.2) is 15.0 Å². The van der Waals surface area contributed by atoms with Crippen molar-refractivity contribution >= 4 is 17.0 Å². The second-order valence-corrected chi connectivity index (χ2v) is 7.26. The van der Waals surface area contributed by atoms with E-state index >= 15 is 0 Å². The molecule has 8 nitrogen and oxygen atoms in total. The first-order valence-corrected chi connectivity index (χ1v) is 9.44. The van der Waals surface area contributed by atoms with Crippen LogP contribution < -0.4 is 4.90 Å². The minimum absolute atomic E-state index is 0.734. The molecule has 0 amide bonds. The lowest BCUT2D eigenvalue weighted by atomic mass is 9.95. The van der Waals surface area contributed by atoms with Gasteiger partial charge in [0.2, 0.25) is 0 Å². The predicted octanol–water partition coefficient (Wildman–Crippen LogP) is 1.29. The van der Waals surface area contributed by atoms with E-state index in [1.807, 2.05) is 0 Å². The molecule has 0 atom stereocenters. The molecule has 3 aromatic rings. The smallest absolute Gasteiger partial charge is 0.182 e. The highest BCUT2D eigenvalue weighted by Gasteiger charge is 2.24. The van der Waals surface area contributed by atoms with Gasteiger partial charge < -0.3 is 9.88 Å². The normalized spacial score (nSPS) is 18.4. The summed E-state index contributed by atoms with van der Waals surface area (Å²) in [5.74, 6) is 0.961. The Kier molecular flexibility index (Phi) is 3.85. The number of fused-ring (bicyclic) bond motifs is 2. The highest BCUT2D eigenvalue weighted by Crippen LogP contribution is 2.26. The van der Waals surface area contributed by atoms with E-state index in [0.717, 1.165) is 49.7 Å². The Balaban J connectivity index is 1.29. The Bertz CT molecular complexity index is 919. The monoisotopic (exact) mass is 352 g/mol. The largest absolute Gasteiger partial charge is 0.352 e. The lowest BCUT2D eigenvalue weighted by molar-refractivity contribution is 0.245. The second-order valence-electron chi connectivity index (χ2n) is 7.26. The Labute approximate surface area is 152 Å². The fourth-order valence-corrected chi connectivity index (χ4v) is 4.31. The SMILES string of the molecule is Cn1nc(CN2CCN(c3ncnc4nc[nH]c34)CC2)c2c1CCCC2. The van der Waals surface area contributed by atoms with E-state index in [0.29, 0.717) is 0 Å². The molecule has 1 fully saturated rings. The first-order chi connectivity index (χ1) is 12.8. The number of rotatable bonds is 3. The van der Waals surface area contributed by atoms with E-state index in [1.54, 1.807) is 12.7 Å². The number of aromatic amines is 1. The average Bonchev–Trinajstić information content (AvgIpc) is 3.28. The number of nitrogens with one attached hydrogen (secondary N) is 1. The number of hydrogen-bond acceptors (Lipinski definition) is 6. The van der Waals surface area contributed by atoms with Gasteiger partial charge in [0.25, 0.3) is 0 Å². The number of aryl methyl sites for hydroxylation is 1. The molecule has 0 bridgehead atoms. The molecule has 136 valence electrons. The third kappa shape index (κ3) is 2.65. The molecule has 0 radical (unpaired) electrons. The summed E-state index contributed by atoms with van der Waals surface area (Å²) >= 11 is 0. The van der Waals surface area contributed by atoms with Crippen molar-refractivity contribution < 1.29 is 0 Å². The molecule has 26 heavy (non-hydrogen) atoms. The van der Waals surface area contributed by atoms with Crippen LogP contribution in [0.1, 0.15) is 29.8 Å². The molecular weight excluding hydrogens is 328 g/mol. The molecule has 3 aromatic heterocycles. The van der Waals surface area contributed by atoms with E-state index in [-0.39, 0.29) is 0 Å². The molecule has 0 aromatic carbocycles. The van der Waals surface area contributed by atoms with Gasteiger partial charge in [0.05, 0.1) is 12.0 Å². The standard InChI is InChI=1S/C18H24N8/c1-24-15-5-3-2-4-13(15)14(23-24)10-25-6-8-26(9-7-25)18-16-17(20-11-19-16)21-12-22-18/h11-12H,2-10H2,1H3,(H,19,20,21,22). The van der Waals surface area contributed by atoms with Crippen LogP contribution in [0.4, 0.5) is 5.82 Å². The van der Waals surface area contributed by atoms with Crippen molar-refractivity contribution in [1.82, 2.24) is 34.6 Å². The summed E-state index contributed by atoms with van der Waals surface area (Å²) < 4.78 is 2.11. The summed E-state index contributed by atoms with van der Waals surface area (Å²) in [6.07, 6.45) is 8.26. The summed E-state index contributed by atoms with van der Waals surface area (Å²) in [6.45, 7) is 4.91. The van der Waals surface area contributed by atoms with E-state index < -0.39 is 0 Å². The van der Waals surface area contributed by atoms with Crippen LogP contribution in [0.25, 0.3) is 11.2 Å². The molecule has 0 saturated carbocycles. The van der Waals surface area contributed by atoms with Crippen LogP contribution in [0.3, 0.4) is 0 Å². The van der Waals surface area contributed by atoms with E-state index in [4.69, 9.17) is 5.10 Å². The van der Waals surface area contributed by atoms with Gasteiger partial charge in [-0.1, -0.05) is 0 Å². The van der Waals surface area contributed by atoms with Gasteiger partial charge in [0.15, 0.2) is 11.5 Å². The molecule has 1 aliphatic heterocycles. The topological polar surface area (TPSA) is 78.8 Å². The van der Waals surface area contributed by atoms with Crippen LogP contribution in [0.2, 0.25) is 0 Å². The Morgan fingerprint density at radius 2 is 1.88 bits per heavy atom. The molecule has 0 unspecified atom stereocenters. The zero-order valence-corrected chi connectivity index (χ0v) is 15.1. The summed E-state index contributed by atoms with van der Waals surface area (Å²) in [6, 6.07) is 0. The molecule has 1 aliphatic carbocycles. The molecule has 1 N–H and O–H groups in total. The quantitative estimate of drug-likeness (QED) is 0.765. The van der Waals surface area contributed by atoms with E-state index in [2.05, 4.69) is 41.5 Å². The van der Waals surface area contributed by atoms with Gasteiger partial charge >= 0.3 is 0 Å². The zero-order valence-electron chi connectivity index (χ0n) is 15.1. The fraction of sp³-hybridized carbons (Fsp3) is 0.556. The molecule has 8 heteroatoms. The third-order valence-corrected chi connectivity index (χ3v) is 5.70. The number of anilines is 1.